The third-order valence-electron chi connectivity index (χ3n) is 2.43. The lowest BCUT2D eigenvalue weighted by molar-refractivity contribution is -0.115. The molecule has 6 heteroatoms. The summed E-state index contributed by atoms with van der Waals surface area (Å²) in [6.45, 7) is 1.81. The van der Waals surface area contributed by atoms with E-state index in [2.05, 4.69) is 10.3 Å². The number of hydrogen-bond donors (Lipinski definition) is 3. The van der Waals surface area contributed by atoms with Crippen molar-refractivity contribution in [3.05, 3.63) is 24.3 Å². The van der Waals surface area contributed by atoms with Crippen molar-refractivity contribution in [2.75, 3.05) is 16.8 Å². The van der Waals surface area contributed by atoms with Gasteiger partial charge in [-0.15, -0.1) is 0 Å². The molecular weight excluding hydrogens is 248 g/mol. The molecule has 0 aliphatic heterocycles. The number of benzene rings is 1. The van der Waals surface area contributed by atoms with Crippen LogP contribution in [-0.4, -0.2) is 10.9 Å². The zero-order valence-corrected chi connectivity index (χ0v) is 10.8. The van der Waals surface area contributed by atoms with Crippen molar-refractivity contribution in [3.8, 4) is 11.3 Å². The van der Waals surface area contributed by atoms with Crippen LogP contribution in [-0.2, 0) is 4.79 Å². The van der Waals surface area contributed by atoms with Crippen molar-refractivity contribution in [1.29, 1.82) is 0 Å². The highest BCUT2D eigenvalue weighted by Gasteiger charge is 2.08. The third-order valence-corrected chi connectivity index (χ3v) is 3.15. The Morgan fingerprint density at radius 3 is 2.50 bits per heavy atom. The summed E-state index contributed by atoms with van der Waals surface area (Å²) in [7, 11) is 0. The fourth-order valence-corrected chi connectivity index (χ4v) is 2.14. The van der Waals surface area contributed by atoms with E-state index in [1.54, 1.807) is 0 Å². The minimum atomic E-state index is -0.0137. The molecule has 0 radical (unpaired) electrons. The van der Waals surface area contributed by atoms with Crippen LogP contribution in [0.2, 0.25) is 0 Å². The van der Waals surface area contributed by atoms with E-state index < -0.39 is 0 Å². The van der Waals surface area contributed by atoms with Gasteiger partial charge in [0.2, 0.25) is 5.91 Å². The fourth-order valence-electron chi connectivity index (χ4n) is 1.52. The van der Waals surface area contributed by atoms with Crippen LogP contribution in [0.1, 0.15) is 13.3 Å². The SMILES string of the molecule is CCC(=O)Nc1ccc(-c2nc(N)sc2N)cc1. The first kappa shape index (κ1) is 12.4. The van der Waals surface area contributed by atoms with Gasteiger partial charge < -0.3 is 16.8 Å². The summed E-state index contributed by atoms with van der Waals surface area (Å²) in [6, 6.07) is 7.35. The number of rotatable bonds is 3. The van der Waals surface area contributed by atoms with Crippen molar-refractivity contribution in [2.45, 2.75) is 13.3 Å². The maximum atomic E-state index is 11.2. The van der Waals surface area contributed by atoms with Gasteiger partial charge in [0, 0.05) is 17.7 Å². The van der Waals surface area contributed by atoms with Crippen LogP contribution in [0.3, 0.4) is 0 Å². The van der Waals surface area contributed by atoms with Crippen molar-refractivity contribution in [2.24, 2.45) is 0 Å². The second-order valence-electron chi connectivity index (χ2n) is 3.74. The van der Waals surface area contributed by atoms with Crippen LogP contribution in [0.25, 0.3) is 11.3 Å². The molecular formula is C12H14N4OS. The van der Waals surface area contributed by atoms with Gasteiger partial charge in [-0.25, -0.2) is 4.98 Å². The number of thiazole rings is 1. The minimum Gasteiger partial charge on any atom is -0.389 e. The Morgan fingerprint density at radius 2 is 2.00 bits per heavy atom. The van der Waals surface area contributed by atoms with Crippen LogP contribution >= 0.6 is 11.3 Å². The highest BCUT2D eigenvalue weighted by atomic mass is 32.1. The summed E-state index contributed by atoms with van der Waals surface area (Å²) < 4.78 is 0. The van der Waals surface area contributed by atoms with Gasteiger partial charge >= 0.3 is 0 Å². The van der Waals surface area contributed by atoms with Gasteiger partial charge in [-0.3, -0.25) is 4.79 Å². The molecule has 1 amide bonds. The molecule has 94 valence electrons. The normalized spacial score (nSPS) is 10.3. The number of hydrogen-bond acceptors (Lipinski definition) is 5. The molecule has 0 bridgehead atoms. The first-order chi connectivity index (χ1) is 8.60. The smallest absolute Gasteiger partial charge is 0.224 e. The lowest BCUT2D eigenvalue weighted by Crippen LogP contribution is -2.09. The predicted octanol–water partition coefficient (Wildman–Crippen LogP) is 2.32. The Morgan fingerprint density at radius 1 is 1.33 bits per heavy atom. The second-order valence-corrected chi connectivity index (χ2v) is 4.81. The lowest BCUT2D eigenvalue weighted by atomic mass is 10.1. The largest absolute Gasteiger partial charge is 0.389 e. The summed E-state index contributed by atoms with van der Waals surface area (Å²) in [5, 5.41) is 3.82. The summed E-state index contributed by atoms with van der Waals surface area (Å²) in [4.78, 5) is 15.4. The van der Waals surface area contributed by atoms with Crippen LogP contribution < -0.4 is 16.8 Å². The molecule has 0 spiro atoms. The van der Waals surface area contributed by atoms with E-state index in [-0.39, 0.29) is 5.91 Å². The number of anilines is 3. The van der Waals surface area contributed by atoms with Gasteiger partial charge in [0.1, 0.15) is 10.7 Å². The Balaban J connectivity index is 2.22. The van der Waals surface area contributed by atoms with Crippen LogP contribution in [0, 0.1) is 0 Å². The Hall–Kier alpha value is -2.08. The van der Waals surface area contributed by atoms with Gasteiger partial charge in [0.15, 0.2) is 5.13 Å². The number of carbonyl (C=O) groups excluding carboxylic acids is 1. The number of aromatic nitrogens is 1. The quantitative estimate of drug-likeness (QED) is 0.791. The average Bonchev–Trinajstić information content (AvgIpc) is 2.69. The topological polar surface area (TPSA) is 94.0 Å². The standard InChI is InChI=1S/C12H14N4OS/c1-2-9(17)15-8-5-3-7(4-6-8)10-11(13)18-12(14)16-10/h3-6H,2,13H2,1H3,(H2,14,16)(H,15,17). The summed E-state index contributed by atoms with van der Waals surface area (Å²) >= 11 is 1.26. The van der Waals surface area contributed by atoms with E-state index in [0.717, 1.165) is 11.3 Å². The minimum absolute atomic E-state index is 0.0137. The summed E-state index contributed by atoms with van der Waals surface area (Å²) in [6.07, 6.45) is 0.456. The maximum Gasteiger partial charge on any atom is 0.224 e. The highest BCUT2D eigenvalue weighted by molar-refractivity contribution is 7.19. The van der Waals surface area contributed by atoms with Gasteiger partial charge in [-0.1, -0.05) is 30.4 Å². The van der Waals surface area contributed by atoms with Crippen molar-refractivity contribution in [3.63, 3.8) is 0 Å². The number of nitrogens with one attached hydrogen (secondary N) is 1. The van der Waals surface area contributed by atoms with Crippen molar-refractivity contribution >= 4 is 33.1 Å². The van der Waals surface area contributed by atoms with E-state index in [1.807, 2.05) is 31.2 Å². The molecule has 0 fully saturated rings. The molecule has 0 saturated carbocycles. The van der Waals surface area contributed by atoms with E-state index in [4.69, 9.17) is 11.5 Å². The number of amides is 1. The summed E-state index contributed by atoms with van der Waals surface area (Å²) in [5.74, 6) is -0.0137. The number of nitrogens with two attached hydrogens (primary N) is 2. The molecule has 5 nitrogen and oxygen atoms in total. The molecule has 2 aromatic rings. The van der Waals surface area contributed by atoms with Gasteiger partial charge in [-0.2, -0.15) is 0 Å². The molecule has 0 atom stereocenters. The molecule has 1 heterocycles. The molecule has 0 aliphatic rings. The zero-order valence-electron chi connectivity index (χ0n) is 9.93. The van der Waals surface area contributed by atoms with E-state index in [9.17, 15) is 4.79 Å². The van der Waals surface area contributed by atoms with E-state index >= 15 is 0 Å². The highest BCUT2D eigenvalue weighted by Crippen LogP contribution is 2.32. The van der Waals surface area contributed by atoms with E-state index in [1.165, 1.54) is 11.3 Å². The molecule has 1 aromatic heterocycles. The molecule has 0 aliphatic carbocycles. The molecule has 2 rings (SSSR count). The van der Waals surface area contributed by atoms with Crippen molar-refractivity contribution in [1.82, 2.24) is 4.98 Å². The Bertz CT molecular complexity index is 562. The van der Waals surface area contributed by atoms with Crippen molar-refractivity contribution < 1.29 is 4.79 Å². The molecule has 18 heavy (non-hydrogen) atoms. The zero-order chi connectivity index (χ0) is 13.1. The van der Waals surface area contributed by atoms with Gasteiger partial charge in [-0.05, 0) is 12.1 Å². The Labute approximate surface area is 109 Å². The summed E-state index contributed by atoms with van der Waals surface area (Å²) in [5.41, 5.74) is 13.7. The average molecular weight is 262 g/mol. The third kappa shape index (κ3) is 2.60. The molecule has 0 saturated heterocycles. The first-order valence-electron chi connectivity index (χ1n) is 5.52. The van der Waals surface area contributed by atoms with Crippen LogP contribution in [0.5, 0.6) is 0 Å². The second kappa shape index (κ2) is 5.05. The van der Waals surface area contributed by atoms with Crippen LogP contribution in [0.4, 0.5) is 15.8 Å². The molecule has 0 unspecified atom stereocenters. The predicted molar refractivity (Wildman–Crippen MR) is 75.3 cm³/mol. The molecule has 1 aromatic carbocycles. The molecule has 5 N–H and O–H groups in total. The maximum absolute atomic E-state index is 11.2. The Kier molecular flexibility index (Phi) is 3.47. The van der Waals surface area contributed by atoms with E-state index in [0.29, 0.717) is 22.2 Å². The van der Waals surface area contributed by atoms with Gasteiger partial charge in [0.05, 0.1) is 0 Å². The number of nitrogen functional groups attached to an aromatic ring is 2. The fraction of sp³-hybridized carbons (Fsp3) is 0.167. The number of carbonyl (C=O) groups is 1. The van der Waals surface area contributed by atoms with Gasteiger partial charge in [0.25, 0.3) is 0 Å². The monoisotopic (exact) mass is 262 g/mol. The van der Waals surface area contributed by atoms with Crippen LogP contribution in [0.15, 0.2) is 24.3 Å². The number of nitrogens with zero attached hydrogens (tertiary/aromatic N) is 1. The lowest BCUT2D eigenvalue weighted by Gasteiger charge is -2.04. The first-order valence-corrected chi connectivity index (χ1v) is 6.34.